The molecule has 0 aromatic rings. The minimum Gasteiger partial charge on any atom is -0.305 e. The van der Waals surface area contributed by atoms with E-state index in [4.69, 9.17) is 11.1 Å². The van der Waals surface area contributed by atoms with E-state index in [1.54, 1.807) is 0 Å². The van der Waals surface area contributed by atoms with Gasteiger partial charge in [-0.2, -0.15) is 0 Å². The van der Waals surface area contributed by atoms with E-state index in [0.717, 1.165) is 13.1 Å². The van der Waals surface area contributed by atoms with Gasteiger partial charge in [0.15, 0.2) is 0 Å². The minimum atomic E-state index is -1.84. The maximum absolute atomic E-state index is 6.81. The molecule has 0 aliphatic heterocycles. The minimum absolute atomic E-state index is 1.06. The number of halogens is 1. The first kappa shape index (κ1) is 14.4. The fourth-order valence-electron chi connectivity index (χ4n) is 1.77. The average molecular weight is 237 g/mol. The largest absolute Gasteiger partial charge is 0.307 e. The summed E-state index contributed by atoms with van der Waals surface area (Å²) >= 11 is 6.81. The SMILES string of the molecule is CCCC[Si](Cl)(N(C)C)N(CC)CC. The van der Waals surface area contributed by atoms with E-state index in [0.29, 0.717) is 0 Å². The molecular formula is C10H25ClN2Si. The van der Waals surface area contributed by atoms with Crippen LogP contribution in [0.3, 0.4) is 0 Å². The van der Waals surface area contributed by atoms with Crippen LogP contribution >= 0.6 is 11.1 Å². The normalized spacial score (nSPS) is 16.3. The van der Waals surface area contributed by atoms with E-state index in [2.05, 4.69) is 44.0 Å². The van der Waals surface area contributed by atoms with Gasteiger partial charge in [-0.3, -0.25) is 0 Å². The highest BCUT2D eigenvalue weighted by atomic mass is 35.6. The van der Waals surface area contributed by atoms with E-state index in [-0.39, 0.29) is 0 Å². The quantitative estimate of drug-likeness (QED) is 0.496. The molecule has 0 fully saturated rings. The molecule has 0 heterocycles. The van der Waals surface area contributed by atoms with Crippen LogP contribution in [0.15, 0.2) is 0 Å². The van der Waals surface area contributed by atoms with E-state index in [1.807, 2.05) is 0 Å². The van der Waals surface area contributed by atoms with Crippen LogP contribution in [0.25, 0.3) is 0 Å². The molecule has 0 aliphatic rings. The monoisotopic (exact) mass is 236 g/mol. The predicted molar refractivity (Wildman–Crippen MR) is 67.9 cm³/mol. The molecule has 0 N–H and O–H groups in total. The lowest BCUT2D eigenvalue weighted by atomic mass is 10.4. The van der Waals surface area contributed by atoms with Gasteiger partial charge in [-0.1, -0.05) is 33.6 Å². The molecule has 0 aliphatic carbocycles. The summed E-state index contributed by atoms with van der Waals surface area (Å²) in [6, 6.07) is 1.17. The van der Waals surface area contributed by atoms with Crippen molar-refractivity contribution < 1.29 is 0 Å². The highest BCUT2D eigenvalue weighted by molar-refractivity contribution is 7.17. The van der Waals surface area contributed by atoms with Crippen molar-refractivity contribution in [2.24, 2.45) is 0 Å². The molecule has 0 saturated heterocycles. The molecule has 0 aromatic carbocycles. The predicted octanol–water partition coefficient (Wildman–Crippen LogP) is 2.87. The third kappa shape index (κ3) is 3.53. The molecule has 1 atom stereocenters. The number of hydrogen-bond acceptors (Lipinski definition) is 2. The van der Waals surface area contributed by atoms with Crippen molar-refractivity contribution in [2.45, 2.75) is 39.7 Å². The Bertz CT molecular complexity index is 151. The fourth-order valence-corrected chi connectivity index (χ4v) is 5.99. The summed E-state index contributed by atoms with van der Waals surface area (Å²) in [6.07, 6.45) is 2.47. The van der Waals surface area contributed by atoms with Crippen molar-refractivity contribution in [1.29, 1.82) is 0 Å². The molecule has 4 heteroatoms. The number of unbranched alkanes of at least 4 members (excludes halogenated alkanes) is 1. The lowest BCUT2D eigenvalue weighted by Gasteiger charge is -2.40. The molecule has 0 aromatic heterocycles. The maximum atomic E-state index is 6.81. The van der Waals surface area contributed by atoms with Crippen LogP contribution in [0.5, 0.6) is 0 Å². The van der Waals surface area contributed by atoms with E-state index < -0.39 is 7.71 Å². The zero-order chi connectivity index (χ0) is 11.2. The van der Waals surface area contributed by atoms with Gasteiger partial charge in [0.05, 0.1) is 0 Å². The molecule has 2 nitrogen and oxygen atoms in total. The summed E-state index contributed by atoms with van der Waals surface area (Å²) in [4.78, 5) is 0. The van der Waals surface area contributed by atoms with Crippen LogP contribution in [0.1, 0.15) is 33.6 Å². The van der Waals surface area contributed by atoms with Crippen LogP contribution in [0, 0.1) is 0 Å². The first-order valence-electron chi connectivity index (χ1n) is 5.64. The van der Waals surface area contributed by atoms with E-state index in [9.17, 15) is 0 Å². The van der Waals surface area contributed by atoms with Gasteiger partial charge in [0.2, 0.25) is 0 Å². The Morgan fingerprint density at radius 1 is 1.07 bits per heavy atom. The molecular weight excluding hydrogens is 212 g/mol. The second kappa shape index (κ2) is 6.83. The second-order valence-electron chi connectivity index (χ2n) is 3.89. The molecule has 1 unspecified atom stereocenters. The van der Waals surface area contributed by atoms with Crippen molar-refractivity contribution in [1.82, 2.24) is 9.13 Å². The molecule has 0 rings (SSSR count). The highest BCUT2D eigenvalue weighted by Gasteiger charge is 2.38. The summed E-state index contributed by atoms with van der Waals surface area (Å²) < 4.78 is 4.71. The number of rotatable bonds is 7. The van der Waals surface area contributed by atoms with Gasteiger partial charge >= 0.3 is 7.71 Å². The lowest BCUT2D eigenvalue weighted by Crippen LogP contribution is -2.59. The first-order valence-corrected chi connectivity index (χ1v) is 8.75. The molecule has 0 radical (unpaired) electrons. The molecule has 0 amide bonds. The Morgan fingerprint density at radius 3 is 1.86 bits per heavy atom. The van der Waals surface area contributed by atoms with Crippen LogP contribution in [-0.4, -0.2) is 44.0 Å². The molecule has 86 valence electrons. The van der Waals surface area contributed by atoms with Crippen molar-refractivity contribution >= 4 is 18.8 Å². The summed E-state index contributed by atoms with van der Waals surface area (Å²) in [6.45, 7) is 8.75. The Hall–Kier alpha value is 0.427. The zero-order valence-corrected chi connectivity index (χ0v) is 12.1. The Kier molecular flexibility index (Phi) is 7.04. The van der Waals surface area contributed by atoms with Gasteiger partial charge in [-0.15, -0.1) is 11.1 Å². The van der Waals surface area contributed by atoms with Gasteiger partial charge in [0, 0.05) is 0 Å². The standard InChI is InChI=1S/C10H25ClN2Si/c1-6-9-10-14(11,12(4)5)13(7-2)8-3/h6-10H2,1-5H3. The maximum Gasteiger partial charge on any atom is 0.307 e. The molecule has 14 heavy (non-hydrogen) atoms. The van der Waals surface area contributed by atoms with Gasteiger partial charge in [0.1, 0.15) is 0 Å². The lowest BCUT2D eigenvalue weighted by molar-refractivity contribution is 0.411. The number of nitrogens with zero attached hydrogens (tertiary/aromatic N) is 2. The number of hydrogen-bond donors (Lipinski definition) is 0. The van der Waals surface area contributed by atoms with Crippen molar-refractivity contribution in [2.75, 3.05) is 27.2 Å². The van der Waals surface area contributed by atoms with E-state index >= 15 is 0 Å². The van der Waals surface area contributed by atoms with Crippen LogP contribution in [0.4, 0.5) is 0 Å². The Morgan fingerprint density at radius 2 is 1.57 bits per heavy atom. The average Bonchev–Trinajstić information content (AvgIpc) is 2.16. The third-order valence-electron chi connectivity index (χ3n) is 2.78. The molecule has 0 bridgehead atoms. The van der Waals surface area contributed by atoms with Crippen LogP contribution < -0.4 is 0 Å². The van der Waals surface area contributed by atoms with Gasteiger partial charge < -0.3 is 9.13 Å². The summed E-state index contributed by atoms with van der Waals surface area (Å²) in [5.74, 6) is 0. The highest BCUT2D eigenvalue weighted by Crippen LogP contribution is 2.24. The third-order valence-corrected chi connectivity index (χ3v) is 9.04. The molecule has 0 spiro atoms. The van der Waals surface area contributed by atoms with Gasteiger partial charge in [-0.25, -0.2) is 0 Å². The van der Waals surface area contributed by atoms with E-state index in [1.165, 1.54) is 18.9 Å². The summed E-state index contributed by atoms with van der Waals surface area (Å²) in [7, 11) is 2.40. The van der Waals surface area contributed by atoms with Crippen LogP contribution in [-0.2, 0) is 0 Å². The molecule has 0 saturated carbocycles. The second-order valence-corrected chi connectivity index (χ2v) is 9.17. The van der Waals surface area contributed by atoms with Crippen molar-refractivity contribution in [3.05, 3.63) is 0 Å². The smallest absolute Gasteiger partial charge is 0.305 e. The van der Waals surface area contributed by atoms with Crippen LogP contribution in [0.2, 0.25) is 6.04 Å². The van der Waals surface area contributed by atoms with Gasteiger partial charge in [0.25, 0.3) is 0 Å². The topological polar surface area (TPSA) is 6.48 Å². The van der Waals surface area contributed by atoms with Crippen molar-refractivity contribution in [3.8, 4) is 0 Å². The fraction of sp³-hybridized carbons (Fsp3) is 1.00. The summed E-state index contributed by atoms with van der Waals surface area (Å²) in [5.41, 5.74) is 0. The summed E-state index contributed by atoms with van der Waals surface area (Å²) in [5, 5.41) is 0. The van der Waals surface area contributed by atoms with Gasteiger partial charge in [-0.05, 0) is 33.2 Å². The van der Waals surface area contributed by atoms with Crippen molar-refractivity contribution in [3.63, 3.8) is 0 Å². The first-order chi connectivity index (χ1) is 6.52. The zero-order valence-electron chi connectivity index (χ0n) is 10.3. The Balaban J connectivity index is 4.50. The Labute approximate surface area is 95.1 Å².